The van der Waals surface area contributed by atoms with E-state index in [0.29, 0.717) is 6.42 Å². The Morgan fingerprint density at radius 3 is 1.43 bits per heavy atom. The van der Waals surface area contributed by atoms with Crippen LogP contribution in [0, 0.1) is 0 Å². The predicted molar refractivity (Wildman–Crippen MR) is 103 cm³/mol. The fraction of sp³-hybridized carbons (Fsp3) is 0.706. The fourth-order valence-electron chi connectivity index (χ4n) is 2.96. The summed E-state index contributed by atoms with van der Waals surface area (Å²) in [5.41, 5.74) is 0. The van der Waals surface area contributed by atoms with Crippen LogP contribution in [0.15, 0.2) is 0 Å². The Kier molecular flexibility index (Phi) is 10.7. The first kappa shape index (κ1) is 25.3. The predicted octanol–water partition coefficient (Wildman–Crippen LogP) is -2.87. The number of rotatable bonds is 7. The Balaban J connectivity index is 3.03. The lowest BCUT2D eigenvalue weighted by molar-refractivity contribution is -0.141. The summed E-state index contributed by atoms with van der Waals surface area (Å²) in [6.07, 6.45) is -0.309. The highest BCUT2D eigenvalue weighted by Gasteiger charge is 2.22. The molecule has 2 amide bonds. The van der Waals surface area contributed by atoms with E-state index >= 15 is 0 Å². The minimum Gasteiger partial charge on any atom is -0.480 e. The van der Waals surface area contributed by atoms with Crippen molar-refractivity contribution < 1.29 is 39.3 Å². The van der Waals surface area contributed by atoms with E-state index in [4.69, 9.17) is 15.3 Å². The van der Waals surface area contributed by atoms with E-state index in [1.165, 1.54) is 14.7 Å². The van der Waals surface area contributed by atoms with Crippen molar-refractivity contribution in [3.63, 3.8) is 0 Å². The highest BCUT2D eigenvalue weighted by Crippen LogP contribution is 1.99. The van der Waals surface area contributed by atoms with E-state index < -0.39 is 49.0 Å². The van der Waals surface area contributed by atoms with Crippen LogP contribution in [-0.2, 0) is 24.0 Å². The lowest BCUT2D eigenvalue weighted by Crippen LogP contribution is -2.54. The van der Waals surface area contributed by atoms with Gasteiger partial charge in [-0.05, 0) is 6.42 Å². The zero-order chi connectivity index (χ0) is 22.7. The second-order valence-corrected chi connectivity index (χ2v) is 6.97. The SMILES string of the molecule is CCC1NC(=O)CN(CC(=O)O)CCN(CC(=O)O)CCN(CC(=O)O)CC(=O)N1. The summed E-state index contributed by atoms with van der Waals surface area (Å²) < 4.78 is 0. The quantitative estimate of drug-likeness (QED) is 0.279. The molecule has 0 saturated carbocycles. The van der Waals surface area contributed by atoms with E-state index in [2.05, 4.69) is 10.6 Å². The number of carboxylic acid groups (broad SMARTS) is 3. The Hall–Kier alpha value is -2.77. The lowest BCUT2D eigenvalue weighted by atomic mass is 10.3. The molecule has 5 N–H and O–H groups in total. The maximum Gasteiger partial charge on any atom is 0.317 e. The monoisotopic (exact) mass is 431 g/mol. The third-order valence-corrected chi connectivity index (χ3v) is 4.35. The maximum atomic E-state index is 12.3. The molecule has 0 unspecified atom stereocenters. The third-order valence-electron chi connectivity index (χ3n) is 4.35. The number of carbonyl (C=O) groups is 5. The highest BCUT2D eigenvalue weighted by molar-refractivity contribution is 5.82. The van der Waals surface area contributed by atoms with E-state index in [1.54, 1.807) is 6.92 Å². The van der Waals surface area contributed by atoms with Gasteiger partial charge in [0.2, 0.25) is 11.8 Å². The number of carbonyl (C=O) groups excluding carboxylic acids is 2. The van der Waals surface area contributed by atoms with E-state index in [9.17, 15) is 24.0 Å². The van der Waals surface area contributed by atoms with Crippen LogP contribution >= 0.6 is 0 Å². The van der Waals surface area contributed by atoms with Gasteiger partial charge in [0.05, 0.1) is 32.7 Å². The van der Waals surface area contributed by atoms with Crippen molar-refractivity contribution in [3.8, 4) is 0 Å². The summed E-state index contributed by atoms with van der Waals surface area (Å²) in [6.45, 7) is 0.638. The molecule has 13 heteroatoms. The largest absolute Gasteiger partial charge is 0.480 e. The summed E-state index contributed by atoms with van der Waals surface area (Å²) in [5.74, 6) is -4.37. The average Bonchev–Trinajstić information content (AvgIpc) is 2.60. The molecule has 0 aromatic heterocycles. The summed E-state index contributed by atoms with van der Waals surface area (Å²) in [6, 6.07) is 0. The molecule has 170 valence electrons. The van der Waals surface area contributed by atoms with Crippen molar-refractivity contribution in [1.82, 2.24) is 25.3 Å². The minimum atomic E-state index is -1.14. The molecule has 0 atom stereocenters. The molecule has 1 rings (SSSR count). The van der Waals surface area contributed by atoms with Gasteiger partial charge < -0.3 is 26.0 Å². The average molecular weight is 431 g/mol. The van der Waals surface area contributed by atoms with Gasteiger partial charge in [0.1, 0.15) is 6.17 Å². The zero-order valence-electron chi connectivity index (χ0n) is 16.9. The molecular weight excluding hydrogens is 402 g/mol. The van der Waals surface area contributed by atoms with Gasteiger partial charge in [-0.2, -0.15) is 0 Å². The standard InChI is InChI=1S/C17H29N5O8/c1-2-12-18-13(23)7-21(10-16(27)28)5-3-20(9-15(25)26)4-6-22(11-17(29)30)8-14(24)19-12/h12H,2-11H2,1H3,(H,18,23)(H,19,24)(H,25,26)(H,27,28)(H,29,30). The van der Waals surface area contributed by atoms with E-state index in [1.807, 2.05) is 0 Å². The number of amides is 2. The summed E-state index contributed by atoms with van der Waals surface area (Å²) >= 11 is 0. The Morgan fingerprint density at radius 1 is 0.767 bits per heavy atom. The van der Waals surface area contributed by atoms with Gasteiger partial charge in [0.25, 0.3) is 0 Å². The molecule has 0 aliphatic carbocycles. The maximum absolute atomic E-state index is 12.3. The van der Waals surface area contributed by atoms with Gasteiger partial charge in [-0.1, -0.05) is 6.92 Å². The fourth-order valence-corrected chi connectivity index (χ4v) is 2.96. The molecule has 0 bridgehead atoms. The number of hydrogen-bond donors (Lipinski definition) is 5. The smallest absolute Gasteiger partial charge is 0.317 e. The van der Waals surface area contributed by atoms with Crippen LogP contribution in [0.3, 0.4) is 0 Å². The number of hydrogen-bond acceptors (Lipinski definition) is 8. The van der Waals surface area contributed by atoms with Crippen molar-refractivity contribution in [2.45, 2.75) is 19.5 Å². The first-order valence-corrected chi connectivity index (χ1v) is 9.50. The molecule has 0 aromatic rings. The lowest BCUT2D eigenvalue weighted by Gasteiger charge is -2.29. The van der Waals surface area contributed by atoms with E-state index in [-0.39, 0.29) is 45.8 Å². The molecule has 1 fully saturated rings. The number of carboxylic acids is 3. The van der Waals surface area contributed by atoms with Gasteiger partial charge in [-0.15, -0.1) is 0 Å². The normalized spacial score (nSPS) is 19.5. The molecule has 13 nitrogen and oxygen atoms in total. The van der Waals surface area contributed by atoms with E-state index in [0.717, 1.165) is 0 Å². The molecule has 1 aliphatic heterocycles. The van der Waals surface area contributed by atoms with Crippen LogP contribution in [0.5, 0.6) is 0 Å². The zero-order valence-corrected chi connectivity index (χ0v) is 16.9. The third kappa shape index (κ3) is 10.7. The summed E-state index contributed by atoms with van der Waals surface area (Å²) in [4.78, 5) is 62.2. The molecule has 0 aromatic carbocycles. The first-order valence-electron chi connectivity index (χ1n) is 9.50. The van der Waals surface area contributed by atoms with Crippen molar-refractivity contribution in [3.05, 3.63) is 0 Å². The topological polar surface area (TPSA) is 180 Å². The molecule has 0 radical (unpaired) electrons. The van der Waals surface area contributed by atoms with Gasteiger partial charge in [-0.3, -0.25) is 38.7 Å². The highest BCUT2D eigenvalue weighted by atomic mass is 16.4. The number of aliphatic carboxylic acids is 3. The Morgan fingerprint density at radius 2 is 1.10 bits per heavy atom. The van der Waals surface area contributed by atoms with Crippen molar-refractivity contribution >= 4 is 29.7 Å². The molecular formula is C17H29N5O8. The van der Waals surface area contributed by atoms with Crippen LogP contribution in [0.1, 0.15) is 13.3 Å². The van der Waals surface area contributed by atoms with Crippen LogP contribution in [0.4, 0.5) is 0 Å². The van der Waals surface area contributed by atoms with Crippen LogP contribution in [0.25, 0.3) is 0 Å². The van der Waals surface area contributed by atoms with Gasteiger partial charge in [0, 0.05) is 26.2 Å². The second-order valence-electron chi connectivity index (χ2n) is 6.97. The van der Waals surface area contributed by atoms with Crippen molar-refractivity contribution in [2.75, 3.05) is 58.9 Å². The van der Waals surface area contributed by atoms with Gasteiger partial charge >= 0.3 is 17.9 Å². The minimum absolute atomic E-state index is 0.120. The summed E-state index contributed by atoms with van der Waals surface area (Å²) in [7, 11) is 0. The van der Waals surface area contributed by atoms with Crippen LogP contribution in [-0.4, -0.2) is 125 Å². The molecule has 1 aliphatic rings. The Bertz CT molecular complexity index is 600. The first-order chi connectivity index (χ1) is 14.1. The van der Waals surface area contributed by atoms with Crippen LogP contribution < -0.4 is 10.6 Å². The van der Waals surface area contributed by atoms with Crippen molar-refractivity contribution in [2.24, 2.45) is 0 Å². The molecule has 30 heavy (non-hydrogen) atoms. The molecule has 1 heterocycles. The van der Waals surface area contributed by atoms with Gasteiger partial charge in [0.15, 0.2) is 0 Å². The number of nitrogens with one attached hydrogen (secondary N) is 2. The molecule has 1 saturated heterocycles. The molecule has 0 spiro atoms. The summed E-state index contributed by atoms with van der Waals surface area (Å²) in [5, 5.41) is 32.5. The Labute approximate surface area is 173 Å². The van der Waals surface area contributed by atoms with Crippen molar-refractivity contribution in [1.29, 1.82) is 0 Å². The number of nitrogens with zero attached hydrogens (tertiary/aromatic N) is 3. The van der Waals surface area contributed by atoms with Gasteiger partial charge in [-0.25, -0.2) is 0 Å². The second kappa shape index (κ2) is 12.7. The van der Waals surface area contributed by atoms with Crippen LogP contribution in [0.2, 0.25) is 0 Å².